The Morgan fingerprint density at radius 1 is 1.15 bits per heavy atom. The monoisotopic (exact) mass is 479 g/mol. The molecule has 0 aliphatic carbocycles. The van der Waals surface area contributed by atoms with E-state index in [4.69, 9.17) is 10.5 Å². The minimum atomic E-state index is -0.508. The summed E-state index contributed by atoms with van der Waals surface area (Å²) in [5.74, 6) is -0.400. The molecule has 0 bridgehead atoms. The van der Waals surface area contributed by atoms with Gasteiger partial charge < -0.3 is 15.8 Å². The van der Waals surface area contributed by atoms with E-state index in [-0.39, 0.29) is 5.91 Å². The van der Waals surface area contributed by atoms with Crippen LogP contribution in [-0.2, 0) is 11.2 Å². The van der Waals surface area contributed by atoms with E-state index in [1.54, 1.807) is 0 Å². The molecular formula is C25H25N3O3S2. The van der Waals surface area contributed by atoms with Gasteiger partial charge in [0.1, 0.15) is 20.3 Å². The number of nitrogens with one attached hydrogen (secondary N) is 1. The van der Waals surface area contributed by atoms with Crippen molar-refractivity contribution in [2.45, 2.75) is 27.2 Å². The van der Waals surface area contributed by atoms with Crippen molar-refractivity contribution in [3.8, 4) is 11.1 Å². The zero-order valence-electron chi connectivity index (χ0n) is 18.9. The van der Waals surface area contributed by atoms with Gasteiger partial charge in [0.15, 0.2) is 0 Å². The van der Waals surface area contributed by atoms with Crippen molar-refractivity contribution in [1.29, 1.82) is 0 Å². The number of ether oxygens (including phenoxy) is 1. The second kappa shape index (κ2) is 9.33. The number of nitrogens with zero attached hydrogens (tertiary/aromatic N) is 1. The van der Waals surface area contributed by atoms with Gasteiger partial charge in [-0.1, -0.05) is 43.7 Å². The summed E-state index contributed by atoms with van der Waals surface area (Å²) in [5, 5.41) is 5.91. The average Bonchev–Trinajstić information content (AvgIpc) is 3.34. The molecular weight excluding hydrogens is 454 g/mol. The first-order valence-corrected chi connectivity index (χ1v) is 12.2. The molecule has 0 saturated heterocycles. The average molecular weight is 480 g/mol. The molecule has 6 nitrogen and oxygen atoms in total. The number of nitrogen functional groups attached to an aromatic ring is 1. The van der Waals surface area contributed by atoms with Crippen molar-refractivity contribution in [1.82, 2.24) is 4.98 Å². The molecule has 4 aromatic rings. The highest BCUT2D eigenvalue weighted by Gasteiger charge is 2.25. The van der Waals surface area contributed by atoms with E-state index in [9.17, 15) is 9.59 Å². The first kappa shape index (κ1) is 22.9. The zero-order valence-corrected chi connectivity index (χ0v) is 20.5. The van der Waals surface area contributed by atoms with Crippen LogP contribution in [0.15, 0.2) is 41.8 Å². The van der Waals surface area contributed by atoms with Crippen LogP contribution in [0.25, 0.3) is 21.3 Å². The number of carbonyl (C=O) groups is 2. The molecule has 33 heavy (non-hydrogen) atoms. The number of amides is 1. The molecule has 3 N–H and O–H groups in total. The Morgan fingerprint density at radius 2 is 1.88 bits per heavy atom. The highest BCUT2D eigenvalue weighted by atomic mass is 32.1. The van der Waals surface area contributed by atoms with Gasteiger partial charge in [-0.2, -0.15) is 0 Å². The van der Waals surface area contributed by atoms with Gasteiger partial charge in [-0.3, -0.25) is 4.79 Å². The Bertz CT molecular complexity index is 1340. The maximum Gasteiger partial charge on any atom is 0.341 e. The minimum absolute atomic E-state index is 0.330. The van der Waals surface area contributed by atoms with Crippen LogP contribution in [0.4, 0.5) is 10.7 Å². The lowest BCUT2D eigenvalue weighted by Crippen LogP contribution is -2.14. The molecule has 0 saturated carbocycles. The third-order valence-electron chi connectivity index (χ3n) is 5.25. The lowest BCUT2D eigenvalue weighted by Gasteiger charge is -2.08. The van der Waals surface area contributed by atoms with Crippen LogP contribution in [0.2, 0.25) is 0 Å². The summed E-state index contributed by atoms with van der Waals surface area (Å²) in [5.41, 5.74) is 10.7. The van der Waals surface area contributed by atoms with Crippen LogP contribution in [0, 0.1) is 12.8 Å². The molecule has 0 aliphatic rings. The molecule has 0 unspecified atom stereocenters. The Balaban J connectivity index is 1.68. The number of carbonyl (C=O) groups excluding carboxylic acids is 2. The molecule has 0 fully saturated rings. The molecule has 1 aromatic carbocycles. The minimum Gasteiger partial charge on any atom is -0.465 e. The number of hydrogen-bond acceptors (Lipinski definition) is 7. The zero-order chi connectivity index (χ0) is 23.7. The van der Waals surface area contributed by atoms with Crippen LogP contribution in [0.5, 0.6) is 0 Å². The third kappa shape index (κ3) is 4.62. The fourth-order valence-corrected chi connectivity index (χ4v) is 5.56. The first-order valence-electron chi connectivity index (χ1n) is 10.5. The van der Waals surface area contributed by atoms with Crippen molar-refractivity contribution in [3.63, 3.8) is 0 Å². The number of aromatic nitrogens is 1. The van der Waals surface area contributed by atoms with Gasteiger partial charge in [0, 0.05) is 22.0 Å². The van der Waals surface area contributed by atoms with Gasteiger partial charge in [-0.05, 0) is 37.0 Å². The van der Waals surface area contributed by atoms with Gasteiger partial charge in [0.05, 0.1) is 12.8 Å². The number of thiophene rings is 2. The van der Waals surface area contributed by atoms with E-state index in [2.05, 4.69) is 24.1 Å². The number of esters is 1. The summed E-state index contributed by atoms with van der Waals surface area (Å²) in [6.45, 7) is 6.27. The molecule has 170 valence electrons. The number of rotatable bonds is 6. The number of nitrogens with two attached hydrogens (primary N) is 1. The number of methoxy groups -OCH3 is 1. The molecule has 0 spiro atoms. The maximum atomic E-state index is 13.2. The van der Waals surface area contributed by atoms with Crippen LogP contribution in [0.1, 0.15) is 45.1 Å². The van der Waals surface area contributed by atoms with Gasteiger partial charge >= 0.3 is 5.97 Å². The van der Waals surface area contributed by atoms with Crippen molar-refractivity contribution < 1.29 is 14.3 Å². The predicted molar refractivity (Wildman–Crippen MR) is 136 cm³/mol. The topological polar surface area (TPSA) is 94.3 Å². The molecule has 0 radical (unpaired) electrons. The summed E-state index contributed by atoms with van der Waals surface area (Å²) in [6.07, 6.45) is 0.856. The van der Waals surface area contributed by atoms with Crippen LogP contribution < -0.4 is 11.1 Å². The van der Waals surface area contributed by atoms with Crippen LogP contribution in [-0.4, -0.2) is 24.0 Å². The normalized spacial score (nSPS) is 11.2. The van der Waals surface area contributed by atoms with Gasteiger partial charge in [-0.25, -0.2) is 9.78 Å². The molecule has 8 heteroatoms. The summed E-state index contributed by atoms with van der Waals surface area (Å²) >= 11 is 2.54. The van der Waals surface area contributed by atoms with Crippen molar-refractivity contribution in [3.05, 3.63) is 63.5 Å². The summed E-state index contributed by atoms with van der Waals surface area (Å²) in [4.78, 5) is 31.6. The molecule has 3 aromatic heterocycles. The van der Waals surface area contributed by atoms with Gasteiger partial charge in [0.2, 0.25) is 0 Å². The SMILES string of the molecule is COC(=O)c1c(-c2ccc(C)cc2)csc1NC(=O)c1sc2nc(CC(C)C)ccc2c1N. The van der Waals surface area contributed by atoms with E-state index in [0.717, 1.165) is 33.5 Å². The molecule has 0 atom stereocenters. The molecule has 0 aliphatic heterocycles. The van der Waals surface area contributed by atoms with Crippen LogP contribution in [0.3, 0.4) is 0 Å². The number of hydrogen-bond donors (Lipinski definition) is 2. The van der Waals surface area contributed by atoms with Crippen molar-refractivity contribution >= 4 is 55.5 Å². The summed E-state index contributed by atoms with van der Waals surface area (Å²) in [6, 6.07) is 11.7. The fraction of sp³-hybridized carbons (Fsp3) is 0.240. The first-order chi connectivity index (χ1) is 15.8. The number of fused-ring (bicyclic) bond motifs is 1. The number of benzene rings is 1. The van der Waals surface area contributed by atoms with E-state index < -0.39 is 5.97 Å². The van der Waals surface area contributed by atoms with E-state index in [1.165, 1.54) is 29.8 Å². The largest absolute Gasteiger partial charge is 0.465 e. The van der Waals surface area contributed by atoms with Gasteiger partial charge in [-0.15, -0.1) is 22.7 Å². The van der Waals surface area contributed by atoms with E-state index in [1.807, 2.05) is 48.7 Å². The smallest absolute Gasteiger partial charge is 0.341 e. The van der Waals surface area contributed by atoms with Crippen molar-refractivity contribution in [2.75, 3.05) is 18.2 Å². The number of aryl methyl sites for hydroxylation is 1. The Labute approximate surface area is 200 Å². The fourth-order valence-electron chi connectivity index (χ4n) is 3.60. The van der Waals surface area contributed by atoms with E-state index >= 15 is 0 Å². The maximum absolute atomic E-state index is 13.2. The summed E-state index contributed by atoms with van der Waals surface area (Å²) < 4.78 is 5.01. The lowest BCUT2D eigenvalue weighted by atomic mass is 10.0. The predicted octanol–water partition coefficient (Wildman–Crippen LogP) is 6.15. The Kier molecular flexibility index (Phi) is 6.49. The standard InChI is InChI=1S/C25H25N3O3S2/c1-13(2)11-16-9-10-17-20(26)21(33-23(17)27-16)22(29)28-24-19(25(30)31-4)18(12-32-24)15-7-5-14(3)6-8-15/h5-10,12-13H,11,26H2,1-4H3,(H,28,29). The van der Waals surface area contributed by atoms with Gasteiger partial charge in [0.25, 0.3) is 5.91 Å². The van der Waals surface area contributed by atoms with E-state index in [0.29, 0.717) is 32.6 Å². The molecule has 1 amide bonds. The molecule has 3 heterocycles. The highest BCUT2D eigenvalue weighted by Crippen LogP contribution is 2.38. The van der Waals surface area contributed by atoms with Crippen LogP contribution >= 0.6 is 22.7 Å². The number of anilines is 2. The Morgan fingerprint density at radius 3 is 2.55 bits per heavy atom. The third-order valence-corrected chi connectivity index (χ3v) is 7.25. The lowest BCUT2D eigenvalue weighted by molar-refractivity contribution is 0.0603. The quantitative estimate of drug-likeness (QED) is 0.323. The number of pyridine rings is 1. The molecule has 4 rings (SSSR count). The highest BCUT2D eigenvalue weighted by molar-refractivity contribution is 7.21. The second-order valence-electron chi connectivity index (χ2n) is 8.26. The summed E-state index contributed by atoms with van der Waals surface area (Å²) in [7, 11) is 1.33. The Hall–Kier alpha value is -3.23. The van der Waals surface area contributed by atoms with Crippen molar-refractivity contribution in [2.24, 2.45) is 5.92 Å². The second-order valence-corrected chi connectivity index (χ2v) is 10.1.